The first-order chi connectivity index (χ1) is 7.63. The molecule has 0 bridgehead atoms. The number of alkyl halides is 3. The lowest BCUT2D eigenvalue weighted by Gasteiger charge is -2.15. The molecule has 2 aliphatic carbocycles. The summed E-state index contributed by atoms with van der Waals surface area (Å²) in [5, 5.41) is 0. The van der Waals surface area contributed by atoms with Gasteiger partial charge in [-0.15, -0.1) is 0 Å². The van der Waals surface area contributed by atoms with E-state index < -0.39 is 10.8 Å². The summed E-state index contributed by atoms with van der Waals surface area (Å²) in [6.07, 6.45) is 1.49. The number of rotatable bonds is 2. The number of carbonyl (C=O) groups is 2. The number of carbonyl (C=O) groups excluding carboxylic acids is 2. The fraction of sp³-hybridized carbons (Fsp3) is 0.800. The molecule has 2 N–H and O–H groups in total. The minimum atomic E-state index is -0.515. The Morgan fingerprint density at radius 1 is 1.18 bits per heavy atom. The minimum absolute atomic E-state index is 0.147. The lowest BCUT2D eigenvalue weighted by molar-refractivity contribution is -0.133. The number of amides is 2. The molecule has 0 aromatic carbocycles. The summed E-state index contributed by atoms with van der Waals surface area (Å²) in [7, 11) is 0. The van der Waals surface area contributed by atoms with E-state index in [1.54, 1.807) is 0 Å². The van der Waals surface area contributed by atoms with Crippen LogP contribution in [0.1, 0.15) is 26.7 Å². The van der Waals surface area contributed by atoms with Crippen molar-refractivity contribution in [3.8, 4) is 0 Å². The predicted molar refractivity (Wildman–Crippen MR) is 75.0 cm³/mol. The number of hydrogen-bond donors (Lipinski definition) is 2. The molecule has 0 radical (unpaired) electrons. The Morgan fingerprint density at radius 3 is 1.94 bits per heavy atom. The van der Waals surface area contributed by atoms with E-state index in [9.17, 15) is 9.59 Å². The summed E-state index contributed by atoms with van der Waals surface area (Å²) in [4.78, 5) is 23.9. The van der Waals surface area contributed by atoms with E-state index in [0.29, 0.717) is 6.42 Å². The molecule has 0 saturated heterocycles. The lowest BCUT2D eigenvalue weighted by Crippen LogP contribution is -2.48. The van der Waals surface area contributed by atoms with Gasteiger partial charge in [-0.05, 0) is 26.7 Å². The van der Waals surface area contributed by atoms with E-state index in [-0.39, 0.29) is 19.9 Å². The first-order valence-corrected chi connectivity index (χ1v) is 7.76. The Labute approximate surface area is 125 Å². The molecule has 0 aromatic heterocycles. The third-order valence-electron chi connectivity index (χ3n) is 3.70. The molecule has 0 unspecified atom stereocenters. The van der Waals surface area contributed by atoms with Gasteiger partial charge in [0, 0.05) is 4.83 Å². The highest BCUT2D eigenvalue weighted by atomic mass is 79.9. The minimum Gasteiger partial charge on any atom is -0.273 e. The highest BCUT2D eigenvalue weighted by Gasteiger charge is 2.67. The van der Waals surface area contributed by atoms with Gasteiger partial charge >= 0.3 is 0 Å². The van der Waals surface area contributed by atoms with E-state index in [2.05, 4.69) is 58.6 Å². The average Bonchev–Trinajstić information content (AvgIpc) is 2.99. The highest BCUT2D eigenvalue weighted by Crippen LogP contribution is 2.66. The van der Waals surface area contributed by atoms with Gasteiger partial charge in [0.25, 0.3) is 0 Å². The molecule has 2 rings (SSSR count). The first-order valence-electron chi connectivity index (χ1n) is 5.26. The molecule has 3 atom stereocenters. The van der Waals surface area contributed by atoms with Crippen LogP contribution in [0.25, 0.3) is 0 Å². The zero-order valence-electron chi connectivity index (χ0n) is 9.44. The predicted octanol–water partition coefficient (Wildman–Crippen LogP) is 2.20. The van der Waals surface area contributed by atoms with Crippen LogP contribution in [0.5, 0.6) is 0 Å². The molecule has 2 aliphatic rings. The van der Waals surface area contributed by atoms with Crippen molar-refractivity contribution >= 4 is 59.6 Å². The number of nitrogens with one attached hydrogen (secondary N) is 2. The molecule has 2 saturated carbocycles. The van der Waals surface area contributed by atoms with Crippen molar-refractivity contribution in [3.05, 3.63) is 0 Å². The normalized spacial score (nSPS) is 41.6. The summed E-state index contributed by atoms with van der Waals surface area (Å²) < 4.78 is -0.344. The molecule has 2 fully saturated rings. The topological polar surface area (TPSA) is 58.2 Å². The Kier molecular flexibility index (Phi) is 3.19. The van der Waals surface area contributed by atoms with E-state index in [4.69, 9.17) is 0 Å². The van der Waals surface area contributed by atoms with Crippen LogP contribution in [0.15, 0.2) is 0 Å². The number of halogens is 3. The van der Waals surface area contributed by atoms with Crippen LogP contribution in [-0.2, 0) is 9.59 Å². The van der Waals surface area contributed by atoms with E-state index in [1.165, 1.54) is 0 Å². The van der Waals surface area contributed by atoms with Crippen molar-refractivity contribution in [2.45, 2.75) is 34.7 Å². The van der Waals surface area contributed by atoms with Crippen molar-refractivity contribution in [1.82, 2.24) is 10.9 Å². The molecule has 0 aliphatic heterocycles. The monoisotopic (exact) mass is 430 g/mol. The second-order valence-corrected chi connectivity index (χ2v) is 10.1. The van der Waals surface area contributed by atoms with Gasteiger partial charge in [-0.3, -0.25) is 20.4 Å². The molecule has 4 nitrogen and oxygen atoms in total. The van der Waals surface area contributed by atoms with Gasteiger partial charge in [-0.1, -0.05) is 47.8 Å². The summed E-state index contributed by atoms with van der Waals surface area (Å²) in [5.41, 5.74) is 4.07. The molecule has 17 heavy (non-hydrogen) atoms. The summed E-state index contributed by atoms with van der Waals surface area (Å²) in [6, 6.07) is 0. The maximum absolute atomic E-state index is 11.9. The molecular weight excluding hydrogens is 420 g/mol. The quantitative estimate of drug-likeness (QED) is 0.519. The summed E-state index contributed by atoms with van der Waals surface area (Å²) in [6.45, 7) is 3.70. The number of hydrazine groups is 1. The third kappa shape index (κ3) is 2.18. The van der Waals surface area contributed by atoms with Crippen molar-refractivity contribution in [3.63, 3.8) is 0 Å². The zero-order chi connectivity index (χ0) is 13.1. The molecule has 2 amide bonds. The van der Waals surface area contributed by atoms with Crippen LogP contribution in [0.4, 0.5) is 0 Å². The third-order valence-corrected chi connectivity index (χ3v) is 7.35. The zero-order valence-corrected chi connectivity index (χ0v) is 14.2. The molecule has 7 heteroatoms. The van der Waals surface area contributed by atoms with E-state index in [0.717, 1.165) is 6.42 Å². The van der Waals surface area contributed by atoms with Gasteiger partial charge in [-0.2, -0.15) is 0 Å². The Hall–Kier alpha value is 0.380. The van der Waals surface area contributed by atoms with Crippen molar-refractivity contribution in [2.24, 2.45) is 10.8 Å². The molecular formula is C10H13Br3N2O2. The molecule has 96 valence electrons. The van der Waals surface area contributed by atoms with Gasteiger partial charge < -0.3 is 0 Å². The van der Waals surface area contributed by atoms with E-state index in [1.807, 2.05) is 13.8 Å². The average molecular weight is 433 g/mol. The standard InChI is InChI=1S/C10H13Br3N2O2/c1-8(3-5(8)11)6(16)14-15-7(17)9(2)4-10(9,12)13/h5H,3-4H2,1-2H3,(H,14,16)(H,15,17)/t5-,8-,9-/m0/s1. The lowest BCUT2D eigenvalue weighted by atomic mass is 10.1. The van der Waals surface area contributed by atoms with Crippen molar-refractivity contribution in [1.29, 1.82) is 0 Å². The van der Waals surface area contributed by atoms with Crippen LogP contribution in [-0.4, -0.2) is 19.9 Å². The van der Waals surface area contributed by atoms with Gasteiger partial charge in [0.05, 0.1) is 14.1 Å². The van der Waals surface area contributed by atoms with Crippen LogP contribution in [0.3, 0.4) is 0 Å². The molecule has 0 spiro atoms. The Morgan fingerprint density at radius 2 is 1.59 bits per heavy atom. The maximum atomic E-state index is 11.9. The van der Waals surface area contributed by atoms with Crippen LogP contribution < -0.4 is 10.9 Å². The van der Waals surface area contributed by atoms with E-state index >= 15 is 0 Å². The first kappa shape index (κ1) is 13.8. The van der Waals surface area contributed by atoms with Gasteiger partial charge in [-0.25, -0.2) is 0 Å². The van der Waals surface area contributed by atoms with Gasteiger partial charge in [0.2, 0.25) is 11.8 Å². The van der Waals surface area contributed by atoms with Gasteiger partial charge in [0.15, 0.2) is 0 Å². The highest BCUT2D eigenvalue weighted by molar-refractivity contribution is 9.25. The second-order valence-electron chi connectivity index (χ2n) is 5.21. The van der Waals surface area contributed by atoms with Crippen LogP contribution >= 0.6 is 47.8 Å². The fourth-order valence-electron chi connectivity index (χ4n) is 1.59. The van der Waals surface area contributed by atoms with Crippen molar-refractivity contribution < 1.29 is 9.59 Å². The SMILES string of the molecule is C[C@@]1(C(=O)NNC(=O)[C@@]2(C)C[C@@H]2Br)CC1(Br)Br. The molecule has 0 heterocycles. The maximum Gasteiger partial charge on any atom is 0.246 e. The largest absolute Gasteiger partial charge is 0.273 e. The van der Waals surface area contributed by atoms with Crippen LogP contribution in [0, 0.1) is 10.8 Å². The second kappa shape index (κ2) is 3.93. The Balaban J connectivity index is 1.84. The number of hydrogen-bond acceptors (Lipinski definition) is 2. The van der Waals surface area contributed by atoms with Crippen LogP contribution in [0.2, 0.25) is 0 Å². The fourth-order valence-corrected chi connectivity index (χ4v) is 3.95. The summed E-state index contributed by atoms with van der Waals surface area (Å²) >= 11 is 10.2. The van der Waals surface area contributed by atoms with Crippen molar-refractivity contribution in [2.75, 3.05) is 0 Å². The smallest absolute Gasteiger partial charge is 0.246 e. The summed E-state index contributed by atoms with van der Waals surface area (Å²) in [5.74, 6) is -0.332. The molecule has 0 aromatic rings. The van der Waals surface area contributed by atoms with Gasteiger partial charge in [0.1, 0.15) is 0 Å². The Bertz CT molecular complexity index is 401.